The summed E-state index contributed by atoms with van der Waals surface area (Å²) in [4.78, 5) is 26.2. The minimum Gasteiger partial charge on any atom is -0.381 e. The van der Waals surface area contributed by atoms with E-state index in [1.54, 1.807) is 0 Å². The van der Waals surface area contributed by atoms with Crippen LogP contribution in [0, 0.1) is 11.8 Å². The minimum absolute atomic E-state index is 0.0171. The Kier molecular flexibility index (Phi) is 2.81. The zero-order valence-corrected chi connectivity index (χ0v) is 10.8. The average molecular weight is 252 g/mol. The monoisotopic (exact) mass is 252 g/mol. The van der Waals surface area contributed by atoms with E-state index in [0.29, 0.717) is 25.0 Å². The van der Waals surface area contributed by atoms with Crippen LogP contribution in [0.25, 0.3) is 0 Å². The molecular weight excluding hydrogens is 232 g/mol. The number of hydrogen-bond donors (Lipinski definition) is 1. The van der Waals surface area contributed by atoms with Gasteiger partial charge in [0.15, 0.2) is 0 Å². The Hall–Kier alpha value is -1.10. The van der Waals surface area contributed by atoms with Gasteiger partial charge in [-0.05, 0) is 32.1 Å². The van der Waals surface area contributed by atoms with E-state index in [2.05, 4.69) is 5.32 Å². The fourth-order valence-electron chi connectivity index (χ4n) is 3.14. The predicted molar refractivity (Wildman–Crippen MR) is 64.8 cm³/mol. The van der Waals surface area contributed by atoms with Gasteiger partial charge < -0.3 is 15.0 Å². The number of amides is 2. The number of piperazine rings is 1. The maximum absolute atomic E-state index is 12.2. The summed E-state index contributed by atoms with van der Waals surface area (Å²) in [5, 5.41) is 2.74. The van der Waals surface area contributed by atoms with Crippen LogP contribution >= 0.6 is 0 Å². The molecule has 2 atom stereocenters. The maximum atomic E-state index is 12.2. The fraction of sp³-hybridized carbons (Fsp3) is 0.846. The molecule has 0 aromatic rings. The molecule has 0 aromatic carbocycles. The van der Waals surface area contributed by atoms with Crippen molar-refractivity contribution in [1.29, 1.82) is 0 Å². The van der Waals surface area contributed by atoms with Crippen molar-refractivity contribution < 1.29 is 14.3 Å². The van der Waals surface area contributed by atoms with Gasteiger partial charge in [0.1, 0.15) is 5.54 Å². The highest BCUT2D eigenvalue weighted by Gasteiger charge is 2.55. The molecule has 2 unspecified atom stereocenters. The summed E-state index contributed by atoms with van der Waals surface area (Å²) in [6.07, 6.45) is 3.09. The van der Waals surface area contributed by atoms with Gasteiger partial charge in [0.05, 0.1) is 13.2 Å². The molecule has 2 heterocycles. The van der Waals surface area contributed by atoms with Crippen molar-refractivity contribution in [1.82, 2.24) is 10.2 Å². The van der Waals surface area contributed by atoms with Crippen molar-refractivity contribution in [2.75, 3.05) is 26.3 Å². The summed E-state index contributed by atoms with van der Waals surface area (Å²) in [6.45, 7) is 4.23. The molecule has 1 aliphatic carbocycles. The van der Waals surface area contributed by atoms with Crippen molar-refractivity contribution in [2.45, 2.75) is 31.7 Å². The van der Waals surface area contributed by atoms with Gasteiger partial charge in [-0.3, -0.25) is 9.59 Å². The molecule has 100 valence electrons. The first-order chi connectivity index (χ1) is 8.62. The van der Waals surface area contributed by atoms with Crippen LogP contribution in [0.5, 0.6) is 0 Å². The van der Waals surface area contributed by atoms with Gasteiger partial charge in [-0.1, -0.05) is 0 Å². The molecule has 0 aromatic heterocycles. The topological polar surface area (TPSA) is 58.6 Å². The van der Waals surface area contributed by atoms with Crippen molar-refractivity contribution in [3.05, 3.63) is 0 Å². The van der Waals surface area contributed by atoms with E-state index >= 15 is 0 Å². The van der Waals surface area contributed by atoms with E-state index < -0.39 is 5.54 Å². The Bertz CT molecular complexity index is 374. The number of carbonyl (C=O) groups excluding carboxylic acids is 2. The fourth-order valence-corrected chi connectivity index (χ4v) is 3.14. The third-order valence-corrected chi connectivity index (χ3v) is 4.56. The highest BCUT2D eigenvalue weighted by Crippen LogP contribution is 2.44. The molecule has 1 saturated carbocycles. The molecule has 2 saturated heterocycles. The van der Waals surface area contributed by atoms with Crippen LogP contribution in [0.15, 0.2) is 0 Å². The molecular formula is C13H20N2O3. The lowest BCUT2D eigenvalue weighted by atomic mass is 9.88. The number of carbonyl (C=O) groups is 2. The quantitative estimate of drug-likeness (QED) is 0.778. The summed E-state index contributed by atoms with van der Waals surface area (Å²) in [5.41, 5.74) is -0.627. The third kappa shape index (κ3) is 1.81. The molecule has 3 rings (SSSR count). The number of rotatable bonds is 3. The molecule has 3 aliphatic rings. The van der Waals surface area contributed by atoms with Crippen molar-refractivity contribution in [2.24, 2.45) is 11.8 Å². The summed E-state index contributed by atoms with van der Waals surface area (Å²) in [6, 6.07) is 0. The van der Waals surface area contributed by atoms with Crippen LogP contribution in [0.1, 0.15) is 26.2 Å². The van der Waals surface area contributed by atoms with Gasteiger partial charge in [0.25, 0.3) is 0 Å². The predicted octanol–water partition coefficient (Wildman–Crippen LogP) is 0.150. The first kappa shape index (κ1) is 12.0. The lowest BCUT2D eigenvalue weighted by Gasteiger charge is -2.44. The Morgan fingerprint density at radius 3 is 2.78 bits per heavy atom. The van der Waals surface area contributed by atoms with Gasteiger partial charge in [0, 0.05) is 19.1 Å². The van der Waals surface area contributed by atoms with E-state index in [9.17, 15) is 9.59 Å². The first-order valence-electron chi connectivity index (χ1n) is 6.79. The van der Waals surface area contributed by atoms with Crippen LogP contribution in [0.3, 0.4) is 0 Å². The van der Waals surface area contributed by atoms with E-state index in [-0.39, 0.29) is 18.4 Å². The van der Waals surface area contributed by atoms with E-state index in [1.807, 2.05) is 11.8 Å². The third-order valence-electron chi connectivity index (χ3n) is 4.56. The summed E-state index contributed by atoms with van der Waals surface area (Å²) in [5.74, 6) is 0.793. The molecule has 18 heavy (non-hydrogen) atoms. The summed E-state index contributed by atoms with van der Waals surface area (Å²) >= 11 is 0. The van der Waals surface area contributed by atoms with Gasteiger partial charge in [-0.2, -0.15) is 0 Å². The lowest BCUT2D eigenvalue weighted by molar-refractivity contribution is -0.155. The average Bonchev–Trinajstić information content (AvgIpc) is 3.09. The number of ether oxygens (including phenoxy) is 1. The van der Waals surface area contributed by atoms with E-state index in [1.165, 1.54) is 0 Å². The summed E-state index contributed by atoms with van der Waals surface area (Å²) in [7, 11) is 0. The Balaban J connectivity index is 1.81. The first-order valence-corrected chi connectivity index (χ1v) is 6.79. The normalized spacial score (nSPS) is 36.9. The Morgan fingerprint density at radius 1 is 1.39 bits per heavy atom. The van der Waals surface area contributed by atoms with Gasteiger partial charge >= 0.3 is 0 Å². The van der Waals surface area contributed by atoms with Crippen LogP contribution in [0.2, 0.25) is 0 Å². The standard InChI is InChI=1S/C13H20N2O3/c1-13(10-2-3-10)12(17)14-6-11(16)15(13)7-9-4-5-18-8-9/h9-10H,2-8H2,1H3,(H,14,17). The van der Waals surface area contributed by atoms with Gasteiger partial charge in [-0.25, -0.2) is 0 Å². The highest BCUT2D eigenvalue weighted by atomic mass is 16.5. The van der Waals surface area contributed by atoms with E-state index in [4.69, 9.17) is 4.74 Å². The summed E-state index contributed by atoms with van der Waals surface area (Å²) < 4.78 is 5.37. The highest BCUT2D eigenvalue weighted by molar-refractivity contribution is 5.98. The SMILES string of the molecule is CC1(C2CC2)C(=O)NCC(=O)N1CC1CCOC1. The van der Waals surface area contributed by atoms with Gasteiger partial charge in [-0.15, -0.1) is 0 Å². The number of nitrogens with zero attached hydrogens (tertiary/aromatic N) is 1. The molecule has 1 N–H and O–H groups in total. The molecule has 3 fully saturated rings. The number of hydrogen-bond acceptors (Lipinski definition) is 3. The minimum atomic E-state index is -0.627. The largest absolute Gasteiger partial charge is 0.381 e. The number of nitrogens with one attached hydrogen (secondary N) is 1. The molecule has 2 amide bonds. The molecule has 5 nitrogen and oxygen atoms in total. The Morgan fingerprint density at radius 2 is 2.17 bits per heavy atom. The molecule has 0 radical (unpaired) electrons. The van der Waals surface area contributed by atoms with Crippen molar-refractivity contribution >= 4 is 11.8 Å². The van der Waals surface area contributed by atoms with E-state index in [0.717, 1.165) is 25.9 Å². The van der Waals surface area contributed by atoms with Crippen LogP contribution < -0.4 is 5.32 Å². The zero-order valence-electron chi connectivity index (χ0n) is 10.8. The molecule has 0 bridgehead atoms. The van der Waals surface area contributed by atoms with Crippen LogP contribution in [0.4, 0.5) is 0 Å². The van der Waals surface area contributed by atoms with Gasteiger partial charge in [0.2, 0.25) is 11.8 Å². The van der Waals surface area contributed by atoms with Crippen LogP contribution in [-0.2, 0) is 14.3 Å². The second-order valence-electron chi connectivity index (χ2n) is 5.84. The van der Waals surface area contributed by atoms with Crippen molar-refractivity contribution in [3.8, 4) is 0 Å². The second-order valence-corrected chi connectivity index (χ2v) is 5.84. The van der Waals surface area contributed by atoms with Crippen LogP contribution in [-0.4, -0.2) is 48.6 Å². The molecule has 5 heteroatoms. The molecule has 2 aliphatic heterocycles. The smallest absolute Gasteiger partial charge is 0.246 e. The Labute approximate surface area is 107 Å². The molecule has 0 spiro atoms. The lowest BCUT2D eigenvalue weighted by Crippen LogP contribution is -2.67. The maximum Gasteiger partial charge on any atom is 0.246 e. The zero-order chi connectivity index (χ0) is 12.8. The second kappa shape index (κ2) is 4.23. The van der Waals surface area contributed by atoms with Crippen molar-refractivity contribution in [3.63, 3.8) is 0 Å².